The highest BCUT2D eigenvalue weighted by molar-refractivity contribution is 9.10. The summed E-state index contributed by atoms with van der Waals surface area (Å²) in [6.07, 6.45) is -1.57. The van der Waals surface area contributed by atoms with Crippen molar-refractivity contribution in [3.63, 3.8) is 0 Å². The molecule has 1 aromatic rings. The lowest BCUT2D eigenvalue weighted by Crippen LogP contribution is -2.70. The lowest BCUT2D eigenvalue weighted by molar-refractivity contribution is -0.168. The highest BCUT2D eigenvalue weighted by atomic mass is 79.9. The SMILES string of the molecule is CN(C)C1C(=O)C(C(N)=O)=C(O)C2(O)C(=O)C3=C(O)c4c(ccc(Br)c4O)CC3C(O)C12. The van der Waals surface area contributed by atoms with E-state index in [4.69, 9.17) is 5.73 Å². The van der Waals surface area contributed by atoms with Crippen LogP contribution < -0.4 is 5.73 Å². The number of likely N-dealkylation sites (N-methyl/N-ethyl adjacent to an activating group) is 1. The van der Waals surface area contributed by atoms with Gasteiger partial charge < -0.3 is 31.3 Å². The number of aliphatic hydroxyl groups excluding tert-OH is 3. The van der Waals surface area contributed by atoms with Crippen molar-refractivity contribution in [2.45, 2.75) is 24.2 Å². The van der Waals surface area contributed by atoms with Crippen molar-refractivity contribution < 1.29 is 39.9 Å². The number of primary amides is 1. The molecule has 5 unspecified atom stereocenters. The molecule has 1 amide bonds. The molecule has 3 aliphatic rings. The number of phenols is 1. The first-order chi connectivity index (χ1) is 14.8. The quantitative estimate of drug-likeness (QED) is 0.292. The number of ketones is 2. The fraction of sp³-hybridized carbons (Fsp3) is 0.381. The van der Waals surface area contributed by atoms with Gasteiger partial charge in [-0.2, -0.15) is 0 Å². The van der Waals surface area contributed by atoms with Crippen LogP contribution in [-0.4, -0.2) is 79.7 Å². The molecule has 1 saturated carbocycles. The Kier molecular flexibility index (Phi) is 5.01. The molecule has 5 atom stereocenters. The number of Topliss-reactive ketones (excluding diaryl/α,β-unsaturated/α-hetero) is 2. The Hall–Kier alpha value is -2.73. The average molecular weight is 509 g/mol. The van der Waals surface area contributed by atoms with E-state index in [-0.39, 0.29) is 22.2 Å². The number of benzene rings is 1. The van der Waals surface area contributed by atoms with Crippen LogP contribution in [0, 0.1) is 11.8 Å². The van der Waals surface area contributed by atoms with Gasteiger partial charge in [-0.3, -0.25) is 19.3 Å². The number of nitrogens with zero attached hydrogens (tertiary/aromatic N) is 1. The van der Waals surface area contributed by atoms with Crippen LogP contribution in [0.1, 0.15) is 11.1 Å². The predicted octanol–water partition coefficient (Wildman–Crippen LogP) is -0.303. The Morgan fingerprint density at radius 2 is 1.84 bits per heavy atom. The second-order valence-corrected chi connectivity index (χ2v) is 9.33. The molecule has 1 fully saturated rings. The second kappa shape index (κ2) is 7.14. The van der Waals surface area contributed by atoms with Gasteiger partial charge in [0.05, 0.1) is 28.1 Å². The molecule has 4 rings (SSSR count). The molecule has 0 radical (unpaired) electrons. The van der Waals surface area contributed by atoms with Gasteiger partial charge in [-0.25, -0.2) is 0 Å². The Morgan fingerprint density at radius 3 is 2.41 bits per heavy atom. The number of hydrogen-bond acceptors (Lipinski definition) is 9. The molecule has 1 aromatic carbocycles. The number of rotatable bonds is 2. The average Bonchev–Trinajstić information content (AvgIpc) is 2.70. The molecule has 10 nitrogen and oxygen atoms in total. The van der Waals surface area contributed by atoms with Gasteiger partial charge in [0.15, 0.2) is 11.4 Å². The van der Waals surface area contributed by atoms with E-state index in [0.29, 0.717) is 5.56 Å². The van der Waals surface area contributed by atoms with Gasteiger partial charge in [-0.15, -0.1) is 0 Å². The van der Waals surface area contributed by atoms with Crippen LogP contribution in [0.3, 0.4) is 0 Å². The predicted molar refractivity (Wildman–Crippen MR) is 113 cm³/mol. The topological polar surface area (TPSA) is 182 Å². The van der Waals surface area contributed by atoms with Gasteiger partial charge in [0.1, 0.15) is 22.8 Å². The van der Waals surface area contributed by atoms with Crippen molar-refractivity contribution in [2.24, 2.45) is 17.6 Å². The normalized spacial score (nSPS) is 32.1. The van der Waals surface area contributed by atoms with Crippen LogP contribution in [0.2, 0.25) is 0 Å². The monoisotopic (exact) mass is 508 g/mol. The maximum Gasteiger partial charge on any atom is 0.255 e. The van der Waals surface area contributed by atoms with E-state index < -0.39 is 69.7 Å². The minimum Gasteiger partial charge on any atom is -0.508 e. The second-order valence-electron chi connectivity index (χ2n) is 8.48. The molecule has 0 saturated heterocycles. The number of fused-ring (bicyclic) bond motifs is 3. The zero-order valence-electron chi connectivity index (χ0n) is 17.0. The number of aliphatic hydroxyl groups is 4. The van der Waals surface area contributed by atoms with Crippen LogP contribution in [-0.2, 0) is 20.8 Å². The van der Waals surface area contributed by atoms with Gasteiger partial charge in [-0.1, -0.05) is 6.07 Å². The Bertz CT molecular complexity index is 1160. The van der Waals surface area contributed by atoms with E-state index in [9.17, 15) is 39.9 Å². The van der Waals surface area contributed by atoms with E-state index in [1.807, 2.05) is 0 Å². The van der Waals surface area contributed by atoms with Crippen LogP contribution in [0.4, 0.5) is 0 Å². The summed E-state index contributed by atoms with van der Waals surface area (Å²) in [5, 5.41) is 54.8. The van der Waals surface area contributed by atoms with E-state index >= 15 is 0 Å². The molecule has 32 heavy (non-hydrogen) atoms. The number of aromatic hydroxyl groups is 1. The molecule has 0 spiro atoms. The van der Waals surface area contributed by atoms with Crippen LogP contribution >= 0.6 is 15.9 Å². The lowest BCUT2D eigenvalue weighted by Gasteiger charge is -2.52. The molecule has 0 aromatic heterocycles. The molecular weight excluding hydrogens is 488 g/mol. The third kappa shape index (κ3) is 2.65. The Labute approximate surface area is 190 Å². The largest absolute Gasteiger partial charge is 0.508 e. The van der Waals surface area contributed by atoms with Gasteiger partial charge >= 0.3 is 0 Å². The summed E-state index contributed by atoms with van der Waals surface area (Å²) in [6, 6.07) is 1.78. The minimum atomic E-state index is -2.90. The first kappa shape index (κ1) is 22.5. The van der Waals surface area contributed by atoms with Crippen LogP contribution in [0.15, 0.2) is 33.5 Å². The maximum absolute atomic E-state index is 13.6. The Balaban J connectivity index is 2.04. The fourth-order valence-corrected chi connectivity index (χ4v) is 5.54. The molecule has 3 aliphatic carbocycles. The maximum atomic E-state index is 13.6. The zero-order valence-corrected chi connectivity index (χ0v) is 18.6. The molecule has 7 N–H and O–H groups in total. The third-order valence-corrected chi connectivity index (χ3v) is 7.27. The number of halogens is 1. The van der Waals surface area contributed by atoms with Crippen LogP contribution in [0.5, 0.6) is 5.75 Å². The first-order valence-corrected chi connectivity index (χ1v) is 10.5. The summed E-state index contributed by atoms with van der Waals surface area (Å²) in [6.45, 7) is 0. The van der Waals surface area contributed by atoms with Crippen molar-refractivity contribution in [3.05, 3.63) is 44.6 Å². The van der Waals surface area contributed by atoms with Crippen molar-refractivity contribution >= 4 is 39.2 Å². The van der Waals surface area contributed by atoms with Crippen LogP contribution in [0.25, 0.3) is 5.76 Å². The van der Waals surface area contributed by atoms with Gasteiger partial charge in [0, 0.05) is 11.5 Å². The number of hydrogen-bond donors (Lipinski definition) is 6. The highest BCUT2D eigenvalue weighted by Gasteiger charge is 2.67. The number of phenolic OH excluding ortho intramolecular Hbond substituents is 1. The molecule has 170 valence electrons. The zero-order chi connectivity index (χ0) is 23.9. The summed E-state index contributed by atoms with van der Waals surface area (Å²) in [5.74, 6) is -8.32. The Morgan fingerprint density at radius 1 is 1.22 bits per heavy atom. The fourth-order valence-electron chi connectivity index (χ4n) is 5.21. The smallest absolute Gasteiger partial charge is 0.255 e. The summed E-state index contributed by atoms with van der Waals surface area (Å²) >= 11 is 3.14. The van der Waals surface area contributed by atoms with Crippen molar-refractivity contribution in [1.82, 2.24) is 4.90 Å². The van der Waals surface area contributed by atoms with E-state index in [1.54, 1.807) is 12.1 Å². The van der Waals surface area contributed by atoms with Crippen molar-refractivity contribution in [2.75, 3.05) is 14.1 Å². The van der Waals surface area contributed by atoms with Gasteiger partial charge in [0.25, 0.3) is 5.91 Å². The van der Waals surface area contributed by atoms with E-state index in [2.05, 4.69) is 15.9 Å². The first-order valence-electron chi connectivity index (χ1n) is 9.68. The summed E-state index contributed by atoms with van der Waals surface area (Å²) in [7, 11) is 2.91. The number of carbonyl (C=O) groups excluding carboxylic acids is 3. The highest BCUT2D eigenvalue weighted by Crippen LogP contribution is 2.53. The van der Waals surface area contributed by atoms with E-state index in [1.165, 1.54) is 19.0 Å². The van der Waals surface area contributed by atoms with Crippen molar-refractivity contribution in [3.8, 4) is 5.75 Å². The molecular formula is C21H21BrN2O8. The summed E-state index contributed by atoms with van der Waals surface area (Å²) in [5.41, 5.74) is 1.38. The molecule has 0 heterocycles. The minimum absolute atomic E-state index is 0.0105. The summed E-state index contributed by atoms with van der Waals surface area (Å²) < 4.78 is 0.247. The number of amides is 1. The van der Waals surface area contributed by atoms with Gasteiger partial charge in [-0.05, 0) is 48.1 Å². The molecule has 11 heteroatoms. The van der Waals surface area contributed by atoms with Crippen molar-refractivity contribution in [1.29, 1.82) is 0 Å². The number of carbonyl (C=O) groups is 3. The third-order valence-electron chi connectivity index (χ3n) is 6.63. The molecule has 0 aliphatic heterocycles. The lowest BCUT2D eigenvalue weighted by atomic mass is 9.56. The standard InChI is InChI=1S/C21H21BrN2O8/c1-24(2)13-12-14(25)7-5-6-3-4-8(22)15(26)9(6)16(27)10(7)18(29)21(12,32)19(30)11(17(13)28)20(23)31/h3-4,7,12-14,25-27,30,32H,5H2,1-2H3,(H2,23,31). The number of nitrogens with two attached hydrogens (primary N) is 1. The van der Waals surface area contributed by atoms with E-state index in [0.717, 1.165) is 0 Å². The summed E-state index contributed by atoms with van der Waals surface area (Å²) in [4.78, 5) is 39.8. The van der Waals surface area contributed by atoms with Gasteiger partial charge in [0.2, 0.25) is 5.78 Å². The molecule has 0 bridgehead atoms.